The Hall–Kier alpha value is -2.89. The Kier molecular flexibility index (Phi) is 5.55. The van der Waals surface area contributed by atoms with E-state index in [4.69, 9.17) is 0 Å². The van der Waals surface area contributed by atoms with Gasteiger partial charge >= 0.3 is 0 Å². The summed E-state index contributed by atoms with van der Waals surface area (Å²) >= 11 is 0. The van der Waals surface area contributed by atoms with Crippen molar-refractivity contribution in [2.45, 2.75) is 45.1 Å². The highest BCUT2D eigenvalue weighted by atomic mass is 16.2. The number of aromatic nitrogens is 4. The molecule has 1 fully saturated rings. The van der Waals surface area contributed by atoms with Gasteiger partial charge in [0.05, 0.1) is 11.3 Å². The van der Waals surface area contributed by atoms with E-state index in [9.17, 15) is 4.79 Å². The van der Waals surface area contributed by atoms with Crippen LogP contribution in [0.1, 0.15) is 54.7 Å². The zero-order chi connectivity index (χ0) is 19.3. The zero-order valence-corrected chi connectivity index (χ0v) is 16.4. The second kappa shape index (κ2) is 8.42. The summed E-state index contributed by atoms with van der Waals surface area (Å²) in [5, 5.41) is 4.30. The molecule has 0 N–H and O–H groups in total. The third-order valence-corrected chi connectivity index (χ3v) is 5.46. The summed E-state index contributed by atoms with van der Waals surface area (Å²) in [5.41, 5.74) is 1.52. The Balaban J connectivity index is 1.55. The molecule has 1 saturated heterocycles. The normalized spacial score (nSPS) is 17.0. The molecule has 1 aromatic carbocycles. The van der Waals surface area contributed by atoms with E-state index >= 15 is 0 Å². The van der Waals surface area contributed by atoms with Gasteiger partial charge in [0.2, 0.25) is 0 Å². The number of para-hydroxylation sites is 1. The van der Waals surface area contributed by atoms with Crippen LogP contribution >= 0.6 is 0 Å². The number of unbranched alkanes of at least 4 members (excludes halogenated alkanes) is 1. The number of likely N-dealkylation sites (tertiary alicyclic amines) is 1. The molecule has 146 valence electrons. The summed E-state index contributed by atoms with van der Waals surface area (Å²) < 4.78 is 4.02. The fraction of sp³-hybridized carbons (Fsp3) is 0.409. The lowest BCUT2D eigenvalue weighted by atomic mass is 9.96. The van der Waals surface area contributed by atoms with Crippen molar-refractivity contribution >= 4 is 5.91 Å². The Morgan fingerprint density at radius 2 is 2.07 bits per heavy atom. The Morgan fingerprint density at radius 3 is 2.89 bits per heavy atom. The first-order valence-corrected chi connectivity index (χ1v) is 10.2. The highest BCUT2D eigenvalue weighted by Crippen LogP contribution is 2.28. The van der Waals surface area contributed by atoms with E-state index in [1.807, 2.05) is 47.6 Å². The minimum absolute atomic E-state index is 0.0717. The monoisotopic (exact) mass is 377 g/mol. The third kappa shape index (κ3) is 3.72. The maximum atomic E-state index is 13.3. The number of amides is 1. The van der Waals surface area contributed by atoms with Crippen LogP contribution in [0.15, 0.2) is 55.1 Å². The molecule has 0 aliphatic carbocycles. The topological polar surface area (TPSA) is 56.0 Å². The SMILES string of the molecule is CCCCn1ccnc1C1CCCN(C(=O)c2ccccc2-n2cccn2)C1. The fourth-order valence-electron chi connectivity index (χ4n) is 4.01. The maximum absolute atomic E-state index is 13.3. The van der Waals surface area contributed by atoms with E-state index in [1.165, 1.54) is 0 Å². The molecule has 1 atom stereocenters. The number of carbonyl (C=O) groups is 1. The fourth-order valence-corrected chi connectivity index (χ4v) is 4.01. The van der Waals surface area contributed by atoms with E-state index < -0.39 is 0 Å². The molecule has 3 heterocycles. The largest absolute Gasteiger partial charge is 0.338 e. The molecule has 28 heavy (non-hydrogen) atoms. The van der Waals surface area contributed by atoms with E-state index in [0.717, 1.165) is 56.8 Å². The van der Waals surface area contributed by atoms with Crippen LogP contribution in [-0.2, 0) is 6.54 Å². The van der Waals surface area contributed by atoms with Crippen molar-refractivity contribution < 1.29 is 4.79 Å². The lowest BCUT2D eigenvalue weighted by molar-refractivity contribution is 0.0703. The molecule has 1 unspecified atom stereocenters. The molecular formula is C22H27N5O. The number of rotatable bonds is 6. The minimum atomic E-state index is 0.0717. The first-order valence-electron chi connectivity index (χ1n) is 10.2. The average Bonchev–Trinajstić information content (AvgIpc) is 3.44. The molecule has 4 rings (SSSR count). The van der Waals surface area contributed by atoms with Crippen molar-refractivity contribution in [1.29, 1.82) is 0 Å². The predicted molar refractivity (Wildman–Crippen MR) is 109 cm³/mol. The van der Waals surface area contributed by atoms with Crippen LogP contribution < -0.4 is 0 Å². The molecule has 2 aromatic heterocycles. The van der Waals surface area contributed by atoms with Gasteiger partial charge in [-0.3, -0.25) is 4.79 Å². The summed E-state index contributed by atoms with van der Waals surface area (Å²) in [5.74, 6) is 1.48. The van der Waals surface area contributed by atoms with Crippen molar-refractivity contribution in [2.75, 3.05) is 13.1 Å². The Morgan fingerprint density at radius 1 is 1.18 bits per heavy atom. The number of nitrogens with zero attached hydrogens (tertiary/aromatic N) is 5. The molecule has 3 aromatic rings. The van der Waals surface area contributed by atoms with Crippen LogP contribution in [-0.4, -0.2) is 43.2 Å². The summed E-state index contributed by atoms with van der Waals surface area (Å²) in [6, 6.07) is 9.56. The van der Waals surface area contributed by atoms with Gasteiger partial charge in [0.25, 0.3) is 5.91 Å². The number of hydrogen-bond acceptors (Lipinski definition) is 3. The summed E-state index contributed by atoms with van der Waals surface area (Å²) in [6.45, 7) is 4.71. The van der Waals surface area contributed by atoms with Gasteiger partial charge in [-0.25, -0.2) is 9.67 Å². The van der Waals surface area contributed by atoms with Crippen LogP contribution in [0.25, 0.3) is 5.69 Å². The van der Waals surface area contributed by atoms with Crippen molar-refractivity contribution in [3.63, 3.8) is 0 Å². The number of benzene rings is 1. The molecule has 0 saturated carbocycles. The number of hydrogen-bond donors (Lipinski definition) is 0. The first-order chi connectivity index (χ1) is 13.8. The molecule has 0 bridgehead atoms. The maximum Gasteiger partial charge on any atom is 0.256 e. The van der Waals surface area contributed by atoms with Crippen LogP contribution in [0.5, 0.6) is 0 Å². The van der Waals surface area contributed by atoms with Crippen molar-refractivity contribution in [2.24, 2.45) is 0 Å². The smallest absolute Gasteiger partial charge is 0.256 e. The number of aryl methyl sites for hydroxylation is 1. The van der Waals surface area contributed by atoms with Gasteiger partial charge in [-0.1, -0.05) is 25.5 Å². The number of piperidine rings is 1. The Labute approximate surface area is 165 Å². The van der Waals surface area contributed by atoms with Gasteiger partial charge in [-0.05, 0) is 37.5 Å². The van der Waals surface area contributed by atoms with E-state index in [1.54, 1.807) is 10.9 Å². The molecule has 1 aliphatic heterocycles. The van der Waals surface area contributed by atoms with E-state index in [-0.39, 0.29) is 5.91 Å². The van der Waals surface area contributed by atoms with E-state index in [0.29, 0.717) is 11.5 Å². The van der Waals surface area contributed by atoms with Crippen LogP contribution in [0.4, 0.5) is 0 Å². The second-order valence-corrected chi connectivity index (χ2v) is 7.39. The molecule has 6 heteroatoms. The number of carbonyl (C=O) groups excluding carboxylic acids is 1. The van der Waals surface area contributed by atoms with Gasteiger partial charge in [-0.2, -0.15) is 5.10 Å². The van der Waals surface area contributed by atoms with Gasteiger partial charge in [0, 0.05) is 50.3 Å². The summed E-state index contributed by atoms with van der Waals surface area (Å²) in [7, 11) is 0. The lowest BCUT2D eigenvalue weighted by Gasteiger charge is -2.33. The minimum Gasteiger partial charge on any atom is -0.338 e. The quantitative estimate of drug-likeness (QED) is 0.655. The van der Waals surface area contributed by atoms with Crippen LogP contribution in [0, 0.1) is 0 Å². The summed E-state index contributed by atoms with van der Waals surface area (Å²) in [6.07, 6.45) is 11.9. The van der Waals surface area contributed by atoms with Crippen molar-refractivity contribution in [1.82, 2.24) is 24.2 Å². The standard InChI is InChI=1S/C22H27N5O/c1-2-3-13-25-16-12-23-21(25)18-8-6-14-26(17-18)22(28)19-9-4-5-10-20(19)27-15-7-11-24-27/h4-5,7,9-12,15-16,18H,2-3,6,8,13-14,17H2,1H3. The van der Waals surface area contributed by atoms with Crippen molar-refractivity contribution in [3.05, 3.63) is 66.5 Å². The van der Waals surface area contributed by atoms with Gasteiger partial charge in [0.1, 0.15) is 5.82 Å². The van der Waals surface area contributed by atoms with Gasteiger partial charge < -0.3 is 9.47 Å². The highest BCUT2D eigenvalue weighted by Gasteiger charge is 2.29. The molecule has 0 spiro atoms. The Bertz CT molecular complexity index is 915. The molecule has 6 nitrogen and oxygen atoms in total. The van der Waals surface area contributed by atoms with Gasteiger partial charge in [0.15, 0.2) is 0 Å². The van der Waals surface area contributed by atoms with Crippen molar-refractivity contribution in [3.8, 4) is 5.69 Å². The third-order valence-electron chi connectivity index (χ3n) is 5.46. The molecule has 1 amide bonds. The van der Waals surface area contributed by atoms with Crippen LogP contribution in [0.3, 0.4) is 0 Å². The first kappa shape index (κ1) is 18.5. The summed E-state index contributed by atoms with van der Waals surface area (Å²) in [4.78, 5) is 20.0. The van der Waals surface area contributed by atoms with Crippen LogP contribution in [0.2, 0.25) is 0 Å². The highest BCUT2D eigenvalue weighted by molar-refractivity contribution is 5.97. The second-order valence-electron chi connectivity index (χ2n) is 7.39. The lowest BCUT2D eigenvalue weighted by Crippen LogP contribution is -2.40. The number of imidazole rings is 1. The molecule has 0 radical (unpaired) electrons. The molecule has 1 aliphatic rings. The average molecular weight is 377 g/mol. The zero-order valence-electron chi connectivity index (χ0n) is 16.4. The predicted octanol–water partition coefficient (Wildman–Crippen LogP) is 3.89. The molecular weight excluding hydrogens is 350 g/mol. The van der Waals surface area contributed by atoms with Gasteiger partial charge in [-0.15, -0.1) is 0 Å². The van der Waals surface area contributed by atoms with E-state index in [2.05, 4.69) is 27.8 Å².